The molecule has 7 heteroatoms. The normalized spacial score (nSPS) is 11.6. The number of halogens is 2. The van der Waals surface area contributed by atoms with Crippen molar-refractivity contribution in [3.8, 4) is 33.8 Å². The number of rotatable bonds is 7. The van der Waals surface area contributed by atoms with E-state index in [4.69, 9.17) is 16.7 Å². The van der Waals surface area contributed by atoms with Crippen molar-refractivity contribution in [3.05, 3.63) is 192 Å². The number of fused-ring (bicyclic) bond motifs is 1. The van der Waals surface area contributed by atoms with Crippen molar-refractivity contribution in [1.82, 2.24) is 24.1 Å². The van der Waals surface area contributed by atoms with E-state index >= 15 is 0 Å². The van der Waals surface area contributed by atoms with Crippen molar-refractivity contribution in [3.63, 3.8) is 0 Å². The van der Waals surface area contributed by atoms with Crippen LogP contribution in [0.25, 0.3) is 39.4 Å². The van der Waals surface area contributed by atoms with Crippen LogP contribution >= 0.6 is 11.6 Å². The van der Waals surface area contributed by atoms with Gasteiger partial charge in [0.05, 0.1) is 22.6 Å². The van der Waals surface area contributed by atoms with E-state index in [9.17, 15) is 4.39 Å². The lowest BCUT2D eigenvalue weighted by atomic mass is 9.77. The molecule has 0 fully saturated rings. The van der Waals surface area contributed by atoms with Gasteiger partial charge in [0, 0.05) is 35.3 Å². The molecule has 0 bridgehead atoms. The van der Waals surface area contributed by atoms with Crippen LogP contribution in [-0.2, 0) is 5.54 Å². The van der Waals surface area contributed by atoms with Crippen LogP contribution in [0.15, 0.2) is 164 Å². The molecule has 226 valence electrons. The van der Waals surface area contributed by atoms with E-state index in [1.54, 1.807) is 24.5 Å². The Kier molecular flexibility index (Phi) is 7.20. The first kappa shape index (κ1) is 28.6. The Morgan fingerprint density at radius 2 is 1.21 bits per heavy atom. The van der Waals surface area contributed by atoms with Gasteiger partial charge in [-0.05, 0) is 59.2 Å². The maximum atomic E-state index is 14.2. The van der Waals surface area contributed by atoms with Gasteiger partial charge in [-0.25, -0.2) is 9.37 Å². The lowest BCUT2D eigenvalue weighted by molar-refractivity contribution is 0.461. The second kappa shape index (κ2) is 11.8. The molecule has 0 saturated heterocycles. The number of nitrogens with zero attached hydrogens (tertiary/aromatic N) is 5. The Morgan fingerprint density at radius 1 is 0.617 bits per heavy atom. The summed E-state index contributed by atoms with van der Waals surface area (Å²) in [6.45, 7) is 0. The van der Waals surface area contributed by atoms with Crippen molar-refractivity contribution < 1.29 is 4.39 Å². The molecular formula is C40H27ClFN5. The van der Waals surface area contributed by atoms with E-state index in [2.05, 4.69) is 52.6 Å². The minimum absolute atomic E-state index is 0.315. The van der Waals surface area contributed by atoms with Crippen molar-refractivity contribution in [2.45, 2.75) is 5.54 Å². The fourth-order valence-corrected chi connectivity index (χ4v) is 6.67. The van der Waals surface area contributed by atoms with Crippen LogP contribution in [0.1, 0.15) is 16.7 Å². The van der Waals surface area contributed by atoms with Crippen molar-refractivity contribution >= 4 is 17.2 Å². The van der Waals surface area contributed by atoms with Crippen LogP contribution in [0.5, 0.6) is 0 Å². The van der Waals surface area contributed by atoms with E-state index in [0.717, 1.165) is 44.8 Å². The fraction of sp³-hybridized carbons (Fsp3) is 0.0250. The maximum Gasteiger partial charge on any atom is 0.156 e. The van der Waals surface area contributed by atoms with Gasteiger partial charge in [0.2, 0.25) is 0 Å². The van der Waals surface area contributed by atoms with Gasteiger partial charge in [-0.3, -0.25) is 14.1 Å². The zero-order valence-corrected chi connectivity index (χ0v) is 25.8. The average Bonchev–Trinajstić information content (AvgIpc) is 3.77. The van der Waals surface area contributed by atoms with E-state index in [1.165, 1.54) is 12.1 Å². The Balaban J connectivity index is 1.45. The predicted octanol–water partition coefficient (Wildman–Crippen LogP) is 9.56. The topological polar surface area (TPSA) is 48.0 Å². The quantitative estimate of drug-likeness (QED) is 0.165. The van der Waals surface area contributed by atoms with Crippen LogP contribution in [0.4, 0.5) is 4.39 Å². The lowest BCUT2D eigenvalue weighted by Crippen LogP contribution is -2.38. The fourth-order valence-electron chi connectivity index (χ4n) is 6.41. The molecule has 8 rings (SSSR count). The third-order valence-corrected chi connectivity index (χ3v) is 8.83. The molecule has 5 nitrogen and oxygen atoms in total. The van der Waals surface area contributed by atoms with Crippen LogP contribution in [0.2, 0.25) is 5.02 Å². The Labute approximate surface area is 276 Å². The molecule has 4 heterocycles. The molecule has 0 saturated carbocycles. The zero-order chi connectivity index (χ0) is 31.8. The number of hydrogen-bond donors (Lipinski definition) is 0. The van der Waals surface area contributed by atoms with Crippen LogP contribution < -0.4 is 0 Å². The van der Waals surface area contributed by atoms with Gasteiger partial charge < -0.3 is 0 Å². The SMILES string of the molecule is Fc1ccc(-c2nn(C(c3ccccc3)(c3ccccc3)c3ccccc3)cc2-c2cc(Cl)c3ncc(-c4ccccn4)n3c2)cc1. The van der Waals surface area contributed by atoms with Crippen LogP contribution in [0, 0.1) is 5.82 Å². The van der Waals surface area contributed by atoms with Crippen molar-refractivity contribution in [1.29, 1.82) is 0 Å². The van der Waals surface area contributed by atoms with E-state index < -0.39 is 5.54 Å². The molecule has 0 amide bonds. The van der Waals surface area contributed by atoms with Crippen LogP contribution in [-0.4, -0.2) is 24.1 Å². The second-order valence-corrected chi connectivity index (χ2v) is 11.7. The number of imidazole rings is 1. The summed E-state index contributed by atoms with van der Waals surface area (Å²) in [6, 6.07) is 45.3. The molecule has 0 aliphatic carbocycles. The third-order valence-electron chi connectivity index (χ3n) is 8.55. The zero-order valence-electron chi connectivity index (χ0n) is 25.1. The molecule has 0 spiro atoms. The average molecular weight is 632 g/mol. The summed E-state index contributed by atoms with van der Waals surface area (Å²) in [5.41, 5.74) is 7.60. The molecule has 0 aliphatic heterocycles. The van der Waals surface area contributed by atoms with Crippen molar-refractivity contribution in [2.75, 3.05) is 0 Å². The molecule has 0 radical (unpaired) electrons. The Bertz CT molecular complexity index is 2200. The molecule has 47 heavy (non-hydrogen) atoms. The van der Waals surface area contributed by atoms with E-state index in [-0.39, 0.29) is 5.82 Å². The van der Waals surface area contributed by atoms with Crippen molar-refractivity contribution in [2.24, 2.45) is 0 Å². The standard InChI is InChI=1S/C40H27ClFN5/c41-35-24-29(26-46-37(25-44-39(35)46)36-18-10-11-23-43-36)34-27-47(45-38(34)28-19-21-33(42)22-20-28)40(30-12-4-1-5-13-30,31-14-6-2-7-15-31)32-16-8-3-9-17-32/h1-27H. The van der Waals surface area contributed by atoms with Gasteiger partial charge in [0.15, 0.2) is 5.65 Å². The minimum atomic E-state index is -0.848. The smallest absolute Gasteiger partial charge is 0.156 e. The predicted molar refractivity (Wildman–Crippen MR) is 185 cm³/mol. The molecule has 8 aromatic rings. The van der Waals surface area contributed by atoms with Gasteiger partial charge in [0.1, 0.15) is 17.1 Å². The molecule has 0 unspecified atom stereocenters. The molecule has 0 N–H and O–H groups in total. The third kappa shape index (κ3) is 4.90. The first-order valence-corrected chi connectivity index (χ1v) is 15.6. The summed E-state index contributed by atoms with van der Waals surface area (Å²) in [6.07, 6.45) is 7.62. The molecule has 4 aromatic carbocycles. The number of pyridine rings is 2. The highest BCUT2D eigenvalue weighted by Gasteiger charge is 2.40. The first-order chi connectivity index (χ1) is 23.1. The van der Waals surface area contributed by atoms with E-state index in [1.807, 2.05) is 94.1 Å². The molecule has 0 aliphatic rings. The molecule has 0 atom stereocenters. The summed E-state index contributed by atoms with van der Waals surface area (Å²) in [4.78, 5) is 9.17. The van der Waals surface area contributed by atoms with Crippen LogP contribution in [0.3, 0.4) is 0 Å². The van der Waals surface area contributed by atoms with Gasteiger partial charge >= 0.3 is 0 Å². The summed E-state index contributed by atoms with van der Waals surface area (Å²) in [5, 5.41) is 5.87. The minimum Gasteiger partial charge on any atom is -0.296 e. The van der Waals surface area contributed by atoms with Gasteiger partial charge in [-0.1, -0.05) is 109 Å². The Hall–Kier alpha value is -5.85. The summed E-state index contributed by atoms with van der Waals surface area (Å²) in [5.74, 6) is -0.315. The first-order valence-electron chi connectivity index (χ1n) is 15.2. The highest BCUT2D eigenvalue weighted by atomic mass is 35.5. The van der Waals surface area contributed by atoms with Gasteiger partial charge in [-0.2, -0.15) is 5.10 Å². The molecular weight excluding hydrogens is 605 g/mol. The summed E-state index contributed by atoms with van der Waals surface area (Å²) >= 11 is 6.94. The maximum absolute atomic E-state index is 14.2. The largest absolute Gasteiger partial charge is 0.296 e. The van der Waals surface area contributed by atoms with Gasteiger partial charge in [0.25, 0.3) is 0 Å². The number of benzene rings is 4. The second-order valence-electron chi connectivity index (χ2n) is 11.3. The summed E-state index contributed by atoms with van der Waals surface area (Å²) in [7, 11) is 0. The summed E-state index contributed by atoms with van der Waals surface area (Å²) < 4.78 is 18.2. The highest BCUT2D eigenvalue weighted by Crippen LogP contribution is 2.43. The highest BCUT2D eigenvalue weighted by molar-refractivity contribution is 6.33. The lowest BCUT2D eigenvalue weighted by Gasteiger charge is -2.36. The number of aromatic nitrogens is 5. The monoisotopic (exact) mass is 631 g/mol. The van der Waals surface area contributed by atoms with Gasteiger partial charge in [-0.15, -0.1) is 0 Å². The van der Waals surface area contributed by atoms with E-state index in [0.29, 0.717) is 16.4 Å². The number of hydrogen-bond acceptors (Lipinski definition) is 3. The Morgan fingerprint density at radius 3 is 1.79 bits per heavy atom. The molecule has 4 aromatic heterocycles.